The fourth-order valence-electron chi connectivity index (χ4n) is 1.50. The van der Waals surface area contributed by atoms with Gasteiger partial charge >= 0.3 is 0 Å². The van der Waals surface area contributed by atoms with Crippen molar-refractivity contribution in [2.45, 2.75) is 24.3 Å². The summed E-state index contributed by atoms with van der Waals surface area (Å²) < 4.78 is 1.53. The van der Waals surface area contributed by atoms with Gasteiger partial charge in [-0.2, -0.15) is 0 Å². The molecule has 0 spiro atoms. The first-order valence-corrected chi connectivity index (χ1v) is 7.19. The summed E-state index contributed by atoms with van der Waals surface area (Å²) in [6, 6.07) is 5.38. The Hall–Kier alpha value is -1.60. The van der Waals surface area contributed by atoms with Crippen LogP contribution in [0, 0.1) is 6.92 Å². The van der Waals surface area contributed by atoms with Gasteiger partial charge in [-0.25, -0.2) is 4.68 Å². The van der Waals surface area contributed by atoms with Crippen LogP contribution < -0.4 is 5.32 Å². The number of carbonyl (C=O) groups is 1. The molecule has 1 aromatic heterocycles. The van der Waals surface area contributed by atoms with Crippen molar-refractivity contribution < 1.29 is 4.79 Å². The van der Waals surface area contributed by atoms with E-state index in [9.17, 15) is 4.79 Å². The van der Waals surface area contributed by atoms with Crippen LogP contribution in [0.4, 0.5) is 5.69 Å². The Morgan fingerprint density at radius 1 is 1.50 bits per heavy atom. The molecule has 0 saturated carbocycles. The number of nitrogens with one attached hydrogen (secondary N) is 1. The number of halogens is 1. The van der Waals surface area contributed by atoms with Gasteiger partial charge in [-0.15, -0.1) is 5.10 Å². The van der Waals surface area contributed by atoms with Gasteiger partial charge in [0, 0.05) is 17.8 Å². The molecule has 1 amide bonds. The summed E-state index contributed by atoms with van der Waals surface area (Å²) in [5, 5.41) is 14.8. The Bertz CT molecular complexity index is 630. The molecule has 6 nitrogen and oxygen atoms in total. The van der Waals surface area contributed by atoms with Crippen LogP contribution in [-0.4, -0.2) is 31.4 Å². The molecular weight excluding hydrogens is 298 g/mol. The third kappa shape index (κ3) is 3.49. The Morgan fingerprint density at radius 3 is 2.90 bits per heavy atom. The number of anilines is 1. The molecule has 0 aliphatic carbocycles. The van der Waals surface area contributed by atoms with Gasteiger partial charge < -0.3 is 5.32 Å². The number of rotatable bonds is 4. The third-order valence-electron chi connectivity index (χ3n) is 2.69. The number of benzene rings is 1. The summed E-state index contributed by atoms with van der Waals surface area (Å²) in [4.78, 5) is 12.2. The number of aryl methyl sites for hydroxylation is 2. The maximum Gasteiger partial charge on any atom is 0.237 e. The standard InChI is InChI=1S/C12H14ClN5OS/c1-7-4-5-9(13)6-10(7)14-11(19)8(2)20-12-15-16-17-18(12)3/h4-6,8H,1-3H3,(H,14,19)/t8-/m1/s1. The van der Waals surface area contributed by atoms with E-state index >= 15 is 0 Å². The highest BCUT2D eigenvalue weighted by atomic mass is 35.5. The minimum atomic E-state index is -0.321. The molecule has 1 atom stereocenters. The number of hydrogen-bond acceptors (Lipinski definition) is 5. The van der Waals surface area contributed by atoms with Gasteiger partial charge in [-0.05, 0) is 42.0 Å². The second-order valence-corrected chi connectivity index (χ2v) is 6.04. The van der Waals surface area contributed by atoms with E-state index in [-0.39, 0.29) is 11.2 Å². The zero-order valence-corrected chi connectivity index (χ0v) is 12.9. The summed E-state index contributed by atoms with van der Waals surface area (Å²) in [6.45, 7) is 3.71. The number of carbonyl (C=O) groups excluding carboxylic acids is 1. The Morgan fingerprint density at radius 2 is 2.25 bits per heavy atom. The first-order chi connectivity index (χ1) is 9.47. The number of aromatic nitrogens is 4. The summed E-state index contributed by atoms with van der Waals surface area (Å²) in [5.74, 6) is -0.122. The fraction of sp³-hybridized carbons (Fsp3) is 0.333. The van der Waals surface area contributed by atoms with E-state index in [2.05, 4.69) is 20.8 Å². The van der Waals surface area contributed by atoms with E-state index in [1.54, 1.807) is 26.1 Å². The molecule has 1 N–H and O–H groups in total. The first-order valence-electron chi connectivity index (χ1n) is 5.93. The van der Waals surface area contributed by atoms with Crippen LogP contribution >= 0.6 is 23.4 Å². The largest absolute Gasteiger partial charge is 0.325 e. The van der Waals surface area contributed by atoms with Crippen LogP contribution in [0.2, 0.25) is 5.02 Å². The predicted octanol–water partition coefficient (Wildman–Crippen LogP) is 2.29. The molecule has 20 heavy (non-hydrogen) atoms. The lowest BCUT2D eigenvalue weighted by atomic mass is 10.2. The molecule has 0 bridgehead atoms. The number of tetrazole rings is 1. The molecule has 1 heterocycles. The lowest BCUT2D eigenvalue weighted by Gasteiger charge is -2.12. The normalized spacial score (nSPS) is 12.2. The van der Waals surface area contributed by atoms with Crippen molar-refractivity contribution in [1.29, 1.82) is 0 Å². The van der Waals surface area contributed by atoms with Gasteiger partial charge in [-0.3, -0.25) is 4.79 Å². The van der Waals surface area contributed by atoms with Crippen molar-refractivity contribution in [2.75, 3.05) is 5.32 Å². The quantitative estimate of drug-likeness (QED) is 0.877. The van der Waals surface area contributed by atoms with E-state index in [4.69, 9.17) is 11.6 Å². The minimum absolute atomic E-state index is 0.122. The van der Waals surface area contributed by atoms with E-state index in [1.807, 2.05) is 13.0 Å². The van der Waals surface area contributed by atoms with Gasteiger partial charge in [0.1, 0.15) is 0 Å². The summed E-state index contributed by atoms with van der Waals surface area (Å²) in [7, 11) is 1.73. The first kappa shape index (κ1) is 14.8. The molecule has 0 saturated heterocycles. The van der Waals surface area contributed by atoms with Gasteiger partial charge in [0.15, 0.2) is 0 Å². The molecule has 2 aromatic rings. The zero-order chi connectivity index (χ0) is 14.7. The van der Waals surface area contributed by atoms with Gasteiger partial charge in [-0.1, -0.05) is 29.4 Å². The van der Waals surface area contributed by atoms with Crippen LogP contribution in [0.25, 0.3) is 0 Å². The van der Waals surface area contributed by atoms with Gasteiger partial charge in [0.2, 0.25) is 11.1 Å². The lowest BCUT2D eigenvalue weighted by Crippen LogP contribution is -2.23. The van der Waals surface area contributed by atoms with Crippen LogP contribution in [0.1, 0.15) is 12.5 Å². The van der Waals surface area contributed by atoms with Crippen molar-refractivity contribution in [3.05, 3.63) is 28.8 Å². The highest BCUT2D eigenvalue weighted by Crippen LogP contribution is 2.23. The molecule has 2 rings (SSSR count). The number of hydrogen-bond donors (Lipinski definition) is 1. The minimum Gasteiger partial charge on any atom is -0.325 e. The maximum atomic E-state index is 12.2. The van der Waals surface area contributed by atoms with Crippen molar-refractivity contribution in [2.24, 2.45) is 7.05 Å². The molecule has 8 heteroatoms. The van der Waals surface area contributed by atoms with Crippen LogP contribution in [0.15, 0.2) is 23.4 Å². The molecule has 0 aliphatic heterocycles. The van der Waals surface area contributed by atoms with Crippen LogP contribution in [0.3, 0.4) is 0 Å². The van der Waals surface area contributed by atoms with Gasteiger partial charge in [0.05, 0.1) is 5.25 Å². The van der Waals surface area contributed by atoms with E-state index in [1.165, 1.54) is 16.4 Å². The predicted molar refractivity (Wildman–Crippen MR) is 78.9 cm³/mol. The Balaban J connectivity index is 2.04. The van der Waals surface area contributed by atoms with Crippen molar-refractivity contribution in [3.63, 3.8) is 0 Å². The molecule has 106 valence electrons. The second-order valence-electron chi connectivity index (χ2n) is 4.29. The third-order valence-corrected chi connectivity index (χ3v) is 4.05. The summed E-state index contributed by atoms with van der Waals surface area (Å²) in [5.41, 5.74) is 1.67. The Labute approximate surface area is 125 Å². The van der Waals surface area contributed by atoms with Crippen molar-refractivity contribution >= 4 is 35.0 Å². The number of amides is 1. The fourth-order valence-corrected chi connectivity index (χ4v) is 2.42. The van der Waals surface area contributed by atoms with Gasteiger partial charge in [0.25, 0.3) is 0 Å². The second kappa shape index (κ2) is 6.23. The number of nitrogens with zero attached hydrogens (tertiary/aromatic N) is 4. The highest BCUT2D eigenvalue weighted by Gasteiger charge is 2.18. The molecule has 0 unspecified atom stereocenters. The van der Waals surface area contributed by atoms with E-state index in [0.717, 1.165) is 5.56 Å². The van der Waals surface area contributed by atoms with Crippen molar-refractivity contribution in [3.8, 4) is 0 Å². The summed E-state index contributed by atoms with van der Waals surface area (Å²) in [6.07, 6.45) is 0. The lowest BCUT2D eigenvalue weighted by molar-refractivity contribution is -0.115. The SMILES string of the molecule is Cc1ccc(Cl)cc1NC(=O)[C@@H](C)Sc1nnnn1C. The van der Waals surface area contributed by atoms with Crippen LogP contribution in [0.5, 0.6) is 0 Å². The molecule has 0 radical (unpaired) electrons. The Kier molecular flexibility index (Phi) is 4.61. The van der Waals surface area contributed by atoms with Crippen LogP contribution in [-0.2, 0) is 11.8 Å². The van der Waals surface area contributed by atoms with Crippen molar-refractivity contribution in [1.82, 2.24) is 20.2 Å². The molecule has 0 aliphatic rings. The molecular formula is C12H14ClN5OS. The average molecular weight is 312 g/mol. The van der Waals surface area contributed by atoms with E-state index < -0.39 is 0 Å². The monoisotopic (exact) mass is 311 g/mol. The topological polar surface area (TPSA) is 72.7 Å². The molecule has 1 aromatic carbocycles. The molecule has 0 fully saturated rings. The maximum absolute atomic E-state index is 12.2. The van der Waals surface area contributed by atoms with E-state index in [0.29, 0.717) is 15.9 Å². The zero-order valence-electron chi connectivity index (χ0n) is 11.3. The summed E-state index contributed by atoms with van der Waals surface area (Å²) >= 11 is 7.23. The highest BCUT2D eigenvalue weighted by molar-refractivity contribution is 8.00. The average Bonchev–Trinajstić information content (AvgIpc) is 2.79. The smallest absolute Gasteiger partial charge is 0.237 e. The number of thioether (sulfide) groups is 1.